The fraction of sp³-hybridized carbons (Fsp3) is 0.273. The van der Waals surface area contributed by atoms with Crippen molar-refractivity contribution in [1.29, 1.82) is 0 Å². The summed E-state index contributed by atoms with van der Waals surface area (Å²) in [6.45, 7) is 1.23. The highest BCUT2D eigenvalue weighted by molar-refractivity contribution is 5.92. The topological polar surface area (TPSA) is 49.0 Å². The van der Waals surface area contributed by atoms with Crippen molar-refractivity contribution >= 4 is 22.4 Å². The monoisotopic (exact) mass is 453 g/mol. The molecule has 32 heavy (non-hydrogen) atoms. The summed E-state index contributed by atoms with van der Waals surface area (Å²) in [4.78, 5) is 18.6. The largest absolute Gasteiger partial charge is 0.347 e. The number of rotatable bonds is 5. The van der Waals surface area contributed by atoms with Crippen LogP contribution in [0.25, 0.3) is 10.9 Å². The predicted molar refractivity (Wildman–Crippen MR) is 108 cm³/mol. The lowest BCUT2D eigenvalue weighted by Crippen LogP contribution is -2.28. The second-order valence-electron chi connectivity index (χ2n) is 7.44. The molecule has 0 aliphatic rings. The summed E-state index contributed by atoms with van der Waals surface area (Å²) in [7, 11) is 0. The molecule has 0 bridgehead atoms. The number of nitrogens with zero attached hydrogens (tertiary/aromatic N) is 2. The summed E-state index contributed by atoms with van der Waals surface area (Å²) in [6.07, 6.45) is -5.81. The highest BCUT2D eigenvalue weighted by atomic mass is 19.3. The van der Waals surface area contributed by atoms with Crippen LogP contribution >= 0.6 is 0 Å². The van der Waals surface area contributed by atoms with Gasteiger partial charge in [0, 0.05) is 0 Å². The van der Waals surface area contributed by atoms with Crippen molar-refractivity contribution in [2.24, 2.45) is 5.41 Å². The van der Waals surface area contributed by atoms with E-state index in [4.69, 9.17) is 0 Å². The van der Waals surface area contributed by atoms with Crippen LogP contribution in [0.1, 0.15) is 19.4 Å². The minimum Gasteiger partial charge on any atom is -0.317 e. The molecule has 168 valence electrons. The Balaban J connectivity index is 2.23. The fourth-order valence-corrected chi connectivity index (χ4v) is 2.89. The van der Waals surface area contributed by atoms with Gasteiger partial charge in [-0.2, -0.15) is 4.98 Å². The van der Waals surface area contributed by atoms with Gasteiger partial charge in [0.1, 0.15) is 5.82 Å². The lowest BCUT2D eigenvalue weighted by Gasteiger charge is -2.25. The molecule has 0 spiro atoms. The Hall–Kier alpha value is -3.48. The average Bonchev–Trinajstić information content (AvgIpc) is 2.70. The lowest BCUT2D eigenvalue weighted by molar-refractivity contribution is 0.0570. The van der Waals surface area contributed by atoms with E-state index in [1.54, 1.807) is 0 Å². The van der Waals surface area contributed by atoms with Crippen LogP contribution in [0, 0.1) is 28.9 Å². The molecule has 0 amide bonds. The van der Waals surface area contributed by atoms with Crippen molar-refractivity contribution in [3.8, 4) is 11.8 Å². The Labute approximate surface area is 178 Å². The summed E-state index contributed by atoms with van der Waals surface area (Å²) >= 11 is 0. The lowest BCUT2D eigenvalue weighted by atomic mass is 9.94. The van der Waals surface area contributed by atoms with Crippen LogP contribution in [0.5, 0.6) is 0 Å². The van der Waals surface area contributed by atoms with Crippen molar-refractivity contribution in [1.82, 2.24) is 9.97 Å². The van der Waals surface area contributed by atoms with Gasteiger partial charge in [-0.3, -0.25) is 0 Å². The van der Waals surface area contributed by atoms with E-state index in [2.05, 4.69) is 21.8 Å². The molecule has 0 atom stereocenters. The number of H-pyrrole nitrogens is 1. The molecule has 1 aromatic heterocycles. The minimum atomic E-state index is -3.01. The summed E-state index contributed by atoms with van der Waals surface area (Å²) in [6, 6.07) is 7.28. The molecule has 0 aliphatic heterocycles. The van der Waals surface area contributed by atoms with Crippen LogP contribution in [-0.4, -0.2) is 29.4 Å². The molecule has 0 saturated carbocycles. The summed E-state index contributed by atoms with van der Waals surface area (Å²) in [5, 5.41) is -0.289. The number of benzene rings is 2. The Bertz CT molecular complexity index is 1260. The van der Waals surface area contributed by atoms with Crippen molar-refractivity contribution in [3.05, 3.63) is 64.1 Å². The molecule has 0 radical (unpaired) electrons. The highest BCUT2D eigenvalue weighted by Crippen LogP contribution is 2.33. The smallest absolute Gasteiger partial charge is 0.317 e. The quantitative estimate of drug-likeness (QED) is 0.424. The number of anilines is 2. The molecule has 10 heteroatoms. The minimum absolute atomic E-state index is 0.0192. The van der Waals surface area contributed by atoms with Gasteiger partial charge in [-0.1, -0.05) is 24.0 Å². The highest BCUT2D eigenvalue weighted by Gasteiger charge is 2.28. The number of nitrogens with one attached hydrogen (secondary N) is 1. The van der Waals surface area contributed by atoms with Crippen LogP contribution in [0.4, 0.5) is 37.8 Å². The zero-order chi connectivity index (χ0) is 23.6. The molecule has 3 rings (SSSR count). The maximum atomic E-state index is 15.3. The first kappa shape index (κ1) is 23.2. The molecule has 1 heterocycles. The fourth-order valence-electron chi connectivity index (χ4n) is 2.89. The maximum absolute atomic E-state index is 15.3. The van der Waals surface area contributed by atoms with Gasteiger partial charge in [0.15, 0.2) is 11.6 Å². The third-order valence-corrected chi connectivity index (χ3v) is 4.60. The first-order chi connectivity index (χ1) is 15.0. The zero-order valence-electron chi connectivity index (χ0n) is 16.9. The third-order valence-electron chi connectivity index (χ3n) is 4.60. The molecule has 1 N–H and O–H groups in total. The van der Waals surface area contributed by atoms with Crippen LogP contribution in [0.2, 0.25) is 0 Å². The van der Waals surface area contributed by atoms with Crippen molar-refractivity contribution in [3.63, 3.8) is 0 Å². The van der Waals surface area contributed by atoms with Gasteiger partial charge in [0.2, 0.25) is 0 Å². The molecule has 3 aromatic rings. The van der Waals surface area contributed by atoms with E-state index in [0.29, 0.717) is 4.90 Å². The Morgan fingerprint density at radius 3 is 2.44 bits per heavy atom. The Morgan fingerprint density at radius 1 is 1.09 bits per heavy atom. The second kappa shape index (κ2) is 8.94. The molecule has 2 aromatic carbocycles. The van der Waals surface area contributed by atoms with Gasteiger partial charge in [-0.15, -0.1) is 0 Å². The summed E-state index contributed by atoms with van der Waals surface area (Å²) < 4.78 is 82.7. The summed E-state index contributed by atoms with van der Waals surface area (Å²) in [5.41, 5.74) is -3.50. The first-order valence-corrected chi connectivity index (χ1v) is 9.35. The van der Waals surface area contributed by atoms with E-state index in [1.807, 2.05) is 0 Å². The number of aromatic amines is 1. The number of hydrogen-bond donors (Lipinski definition) is 1. The number of aromatic nitrogens is 2. The van der Waals surface area contributed by atoms with Crippen molar-refractivity contribution < 1.29 is 26.3 Å². The van der Waals surface area contributed by atoms with E-state index in [9.17, 15) is 26.7 Å². The first-order valence-electron chi connectivity index (χ1n) is 9.35. The third kappa shape index (κ3) is 4.72. The molecule has 0 unspecified atom stereocenters. The van der Waals surface area contributed by atoms with Gasteiger partial charge < -0.3 is 9.88 Å². The van der Waals surface area contributed by atoms with Gasteiger partial charge >= 0.3 is 5.69 Å². The zero-order valence-corrected chi connectivity index (χ0v) is 16.9. The predicted octanol–water partition coefficient (Wildman–Crippen LogP) is 5.25. The number of fused-ring (bicyclic) bond motifs is 1. The van der Waals surface area contributed by atoms with Crippen molar-refractivity contribution in [2.45, 2.75) is 26.7 Å². The van der Waals surface area contributed by atoms with Gasteiger partial charge in [0.05, 0.1) is 34.1 Å². The summed E-state index contributed by atoms with van der Waals surface area (Å²) in [5.74, 6) is 2.11. The van der Waals surface area contributed by atoms with Crippen LogP contribution < -0.4 is 10.6 Å². The van der Waals surface area contributed by atoms with Gasteiger partial charge in [-0.05, 0) is 38.1 Å². The van der Waals surface area contributed by atoms with Crippen molar-refractivity contribution in [2.75, 3.05) is 11.4 Å². The van der Waals surface area contributed by atoms with E-state index in [-0.39, 0.29) is 16.5 Å². The molecule has 0 fully saturated rings. The number of alkyl halides is 4. The maximum Gasteiger partial charge on any atom is 0.347 e. The second-order valence-corrected chi connectivity index (χ2v) is 7.44. The Kier molecular flexibility index (Phi) is 6.48. The van der Waals surface area contributed by atoms with Crippen LogP contribution in [-0.2, 0) is 0 Å². The molecular weight excluding hydrogens is 436 g/mol. The normalized spacial score (nSPS) is 11.7. The van der Waals surface area contributed by atoms with E-state index < -0.39 is 53.6 Å². The number of halogens is 6. The van der Waals surface area contributed by atoms with E-state index in [0.717, 1.165) is 12.1 Å². The van der Waals surface area contributed by atoms with Crippen LogP contribution in [0.15, 0.2) is 41.2 Å². The standard InChI is InChI=1S/C22H17F6N3O/c1-22(2,20(27)28)10-9-12-5-3-8-15(18(12)26)31(11-16(24)25)19-17-13(23)6-4-7-14(17)29-21(32)30-19/h3-8,16,20H,11H2,1-2H3,(H,29,30,32). The van der Waals surface area contributed by atoms with Crippen LogP contribution in [0.3, 0.4) is 0 Å². The number of hydrogen-bond acceptors (Lipinski definition) is 3. The molecule has 4 nitrogen and oxygen atoms in total. The average molecular weight is 453 g/mol. The van der Waals surface area contributed by atoms with E-state index in [1.165, 1.54) is 38.1 Å². The van der Waals surface area contributed by atoms with E-state index >= 15 is 4.39 Å². The Morgan fingerprint density at radius 2 is 1.78 bits per heavy atom. The van der Waals surface area contributed by atoms with Gasteiger partial charge in [0.25, 0.3) is 12.9 Å². The SMILES string of the molecule is CC(C)(C#Cc1cccc(N(CC(F)F)c2nc(=O)[nH]c3cccc(F)c23)c1F)C(F)F. The molecular formula is C22H17F6N3O. The molecule has 0 saturated heterocycles. The van der Waals surface area contributed by atoms with Gasteiger partial charge in [-0.25, -0.2) is 31.1 Å². The molecule has 0 aliphatic carbocycles.